The summed E-state index contributed by atoms with van der Waals surface area (Å²) in [7, 11) is -4.17. The molecule has 2 aromatic carbocycles. The number of para-hydroxylation sites is 2. The van der Waals surface area contributed by atoms with Crippen LogP contribution in [-0.4, -0.2) is 23.1 Å². The maximum atomic E-state index is 13.0. The van der Waals surface area contributed by atoms with Gasteiger partial charge in [-0.2, -0.15) is 10.4 Å². The van der Waals surface area contributed by atoms with Crippen molar-refractivity contribution in [1.82, 2.24) is 9.78 Å². The van der Waals surface area contributed by atoms with E-state index in [9.17, 15) is 18.5 Å². The summed E-state index contributed by atoms with van der Waals surface area (Å²) < 4.78 is 29.7. The fraction of sp³-hybridized carbons (Fsp3) is 0.111. The van der Waals surface area contributed by atoms with Crippen LogP contribution in [0.3, 0.4) is 0 Å². The van der Waals surface area contributed by atoms with E-state index in [4.69, 9.17) is 11.0 Å². The number of sulfonamides is 1. The molecule has 0 spiro atoms. The molecule has 1 heterocycles. The highest BCUT2D eigenvalue weighted by Crippen LogP contribution is 2.30. The normalized spacial score (nSPS) is 11.1. The smallest absolute Gasteiger partial charge is 0.271 e. The first-order chi connectivity index (χ1) is 13.7. The van der Waals surface area contributed by atoms with Crippen molar-refractivity contribution < 1.29 is 13.3 Å². The Morgan fingerprint density at radius 2 is 1.97 bits per heavy atom. The molecule has 11 heteroatoms. The standard InChI is InChI=1S/C18H16N6O4S/c1-11-7-14(24(25)26)8-17(12(11)2)29(27,28)22-15-5-3-4-6-16(15)23-18(20)13(9-19)10-21-23/h3-8,10,22H,20H2,1-2H3. The lowest BCUT2D eigenvalue weighted by atomic mass is 10.1. The Morgan fingerprint density at radius 1 is 1.28 bits per heavy atom. The van der Waals surface area contributed by atoms with Crippen LogP contribution in [-0.2, 0) is 10.0 Å². The summed E-state index contributed by atoms with van der Waals surface area (Å²) in [6.45, 7) is 3.17. The molecular formula is C18H16N6O4S. The number of nitrogens with zero attached hydrogens (tertiary/aromatic N) is 4. The van der Waals surface area contributed by atoms with Crippen LogP contribution < -0.4 is 10.5 Å². The molecule has 29 heavy (non-hydrogen) atoms. The Balaban J connectivity index is 2.11. The SMILES string of the molecule is Cc1cc([N+](=O)[O-])cc(S(=O)(=O)Nc2ccccc2-n2ncc(C#N)c2N)c1C. The summed E-state index contributed by atoms with van der Waals surface area (Å²) in [5.74, 6) is 0.0570. The molecule has 1 aromatic heterocycles. The third-order valence-electron chi connectivity index (χ3n) is 4.41. The Bertz CT molecular complexity index is 1270. The molecule has 0 unspecified atom stereocenters. The summed E-state index contributed by atoms with van der Waals surface area (Å²) in [4.78, 5) is 10.3. The van der Waals surface area contributed by atoms with Gasteiger partial charge in [0.1, 0.15) is 17.5 Å². The Hall–Kier alpha value is -3.91. The number of aryl methyl sites for hydroxylation is 1. The van der Waals surface area contributed by atoms with Gasteiger partial charge in [-0.15, -0.1) is 0 Å². The molecule has 0 bridgehead atoms. The third-order valence-corrected chi connectivity index (χ3v) is 5.90. The van der Waals surface area contributed by atoms with E-state index in [0.29, 0.717) is 16.8 Å². The number of benzene rings is 2. The number of nitro groups is 1. The number of nitriles is 1. The quantitative estimate of drug-likeness (QED) is 0.481. The fourth-order valence-corrected chi connectivity index (χ4v) is 4.19. The largest absolute Gasteiger partial charge is 0.382 e. The number of rotatable bonds is 5. The van der Waals surface area contributed by atoms with Crippen molar-refractivity contribution in [3.05, 3.63) is 69.4 Å². The number of hydrogen-bond acceptors (Lipinski definition) is 7. The second-order valence-corrected chi connectivity index (χ2v) is 7.88. The topological polar surface area (TPSA) is 157 Å². The van der Waals surface area contributed by atoms with E-state index in [1.807, 2.05) is 6.07 Å². The first-order valence-corrected chi connectivity index (χ1v) is 9.75. The highest BCUT2D eigenvalue weighted by Gasteiger charge is 2.24. The molecule has 0 saturated carbocycles. The summed E-state index contributed by atoms with van der Waals surface area (Å²) in [5.41, 5.74) is 7.05. The molecule has 3 rings (SSSR count). The monoisotopic (exact) mass is 412 g/mol. The van der Waals surface area contributed by atoms with Crippen LogP contribution in [0.4, 0.5) is 17.2 Å². The number of nitro benzene ring substituents is 1. The average Bonchev–Trinajstić information content (AvgIpc) is 3.04. The number of hydrogen-bond donors (Lipinski definition) is 2. The molecule has 0 saturated heterocycles. The van der Waals surface area contributed by atoms with E-state index >= 15 is 0 Å². The van der Waals surface area contributed by atoms with Crippen molar-refractivity contribution in [2.75, 3.05) is 10.5 Å². The fourth-order valence-electron chi connectivity index (χ4n) is 2.77. The number of non-ortho nitro benzene ring substituents is 1. The molecule has 0 aliphatic rings. The predicted molar refractivity (Wildman–Crippen MR) is 106 cm³/mol. The van der Waals surface area contributed by atoms with Gasteiger partial charge in [-0.25, -0.2) is 13.1 Å². The van der Waals surface area contributed by atoms with Gasteiger partial charge in [0.25, 0.3) is 15.7 Å². The van der Waals surface area contributed by atoms with Gasteiger partial charge in [0.15, 0.2) is 0 Å². The van der Waals surface area contributed by atoms with E-state index in [1.165, 1.54) is 23.0 Å². The maximum Gasteiger partial charge on any atom is 0.271 e. The van der Waals surface area contributed by atoms with Crippen LogP contribution in [0.1, 0.15) is 16.7 Å². The van der Waals surface area contributed by atoms with Crippen LogP contribution >= 0.6 is 0 Å². The minimum Gasteiger partial charge on any atom is -0.382 e. The third kappa shape index (κ3) is 3.61. The van der Waals surface area contributed by atoms with Gasteiger partial charge in [-0.3, -0.25) is 14.8 Å². The van der Waals surface area contributed by atoms with Gasteiger partial charge >= 0.3 is 0 Å². The van der Waals surface area contributed by atoms with Gasteiger partial charge < -0.3 is 5.73 Å². The molecular weight excluding hydrogens is 396 g/mol. The Kier molecular flexibility index (Phi) is 4.96. The second kappa shape index (κ2) is 7.25. The molecule has 10 nitrogen and oxygen atoms in total. The van der Waals surface area contributed by atoms with Crippen molar-refractivity contribution in [3.8, 4) is 11.8 Å². The molecule has 3 aromatic rings. The van der Waals surface area contributed by atoms with Crippen molar-refractivity contribution in [3.63, 3.8) is 0 Å². The molecule has 0 aliphatic heterocycles. The van der Waals surface area contributed by atoms with E-state index in [0.717, 1.165) is 6.07 Å². The van der Waals surface area contributed by atoms with Crippen molar-refractivity contribution in [1.29, 1.82) is 5.26 Å². The van der Waals surface area contributed by atoms with Crippen molar-refractivity contribution >= 4 is 27.2 Å². The highest BCUT2D eigenvalue weighted by atomic mass is 32.2. The van der Waals surface area contributed by atoms with Gasteiger partial charge in [0.2, 0.25) is 0 Å². The maximum absolute atomic E-state index is 13.0. The Morgan fingerprint density at radius 3 is 2.59 bits per heavy atom. The predicted octanol–water partition coefficient (Wildman–Crippen LogP) is 2.65. The van der Waals surface area contributed by atoms with Crippen LogP contribution in [0, 0.1) is 35.3 Å². The second-order valence-electron chi connectivity index (χ2n) is 6.23. The van der Waals surface area contributed by atoms with Crippen LogP contribution in [0.2, 0.25) is 0 Å². The van der Waals surface area contributed by atoms with Gasteiger partial charge in [-0.1, -0.05) is 12.1 Å². The van der Waals surface area contributed by atoms with E-state index in [-0.39, 0.29) is 27.7 Å². The van der Waals surface area contributed by atoms with E-state index in [2.05, 4.69) is 9.82 Å². The van der Waals surface area contributed by atoms with Gasteiger partial charge in [0.05, 0.1) is 27.4 Å². The lowest BCUT2D eigenvalue weighted by Gasteiger charge is -2.15. The van der Waals surface area contributed by atoms with E-state index < -0.39 is 14.9 Å². The first kappa shape index (κ1) is 19.8. The molecule has 0 amide bonds. The number of nitrogens with two attached hydrogens (primary N) is 1. The lowest BCUT2D eigenvalue weighted by molar-refractivity contribution is -0.385. The molecule has 0 atom stereocenters. The summed E-state index contributed by atoms with van der Waals surface area (Å²) in [6, 6.07) is 10.6. The van der Waals surface area contributed by atoms with Gasteiger partial charge in [0, 0.05) is 12.1 Å². The zero-order valence-electron chi connectivity index (χ0n) is 15.4. The number of nitrogens with one attached hydrogen (secondary N) is 1. The molecule has 148 valence electrons. The van der Waals surface area contributed by atoms with Crippen LogP contribution in [0.15, 0.2) is 47.5 Å². The van der Waals surface area contributed by atoms with E-state index in [1.54, 1.807) is 32.0 Å². The van der Waals surface area contributed by atoms with Crippen LogP contribution in [0.5, 0.6) is 0 Å². The van der Waals surface area contributed by atoms with Crippen molar-refractivity contribution in [2.45, 2.75) is 18.7 Å². The summed E-state index contributed by atoms with van der Waals surface area (Å²) in [5, 5.41) is 24.2. The average molecular weight is 412 g/mol. The van der Waals surface area contributed by atoms with Crippen molar-refractivity contribution in [2.24, 2.45) is 0 Å². The minimum atomic E-state index is -4.17. The van der Waals surface area contributed by atoms with Gasteiger partial charge in [-0.05, 0) is 37.1 Å². The zero-order valence-corrected chi connectivity index (χ0v) is 16.3. The number of nitrogen functional groups attached to an aromatic ring is 1. The summed E-state index contributed by atoms with van der Waals surface area (Å²) in [6.07, 6.45) is 1.27. The lowest BCUT2D eigenvalue weighted by Crippen LogP contribution is -2.17. The number of anilines is 2. The number of aromatic nitrogens is 2. The molecule has 0 aliphatic carbocycles. The highest BCUT2D eigenvalue weighted by molar-refractivity contribution is 7.92. The molecule has 0 fully saturated rings. The summed E-state index contributed by atoms with van der Waals surface area (Å²) >= 11 is 0. The first-order valence-electron chi connectivity index (χ1n) is 8.27. The zero-order chi connectivity index (χ0) is 21.3. The van der Waals surface area contributed by atoms with Crippen LogP contribution in [0.25, 0.3) is 5.69 Å². The minimum absolute atomic E-state index is 0.0570. The Labute approximate surface area is 166 Å². The molecule has 0 radical (unpaired) electrons. The molecule has 3 N–H and O–H groups in total.